The third-order valence-electron chi connectivity index (χ3n) is 6.97. The van der Waals surface area contributed by atoms with Gasteiger partial charge in [0.1, 0.15) is 0 Å². The molecule has 170 valence electrons. The average molecular weight is 464 g/mol. The first kappa shape index (κ1) is 21.4. The Hall–Kier alpha value is -2.41. The van der Waals surface area contributed by atoms with Gasteiger partial charge in [-0.2, -0.15) is 13.2 Å². The van der Waals surface area contributed by atoms with Gasteiger partial charge in [-0.05, 0) is 55.2 Å². The summed E-state index contributed by atoms with van der Waals surface area (Å²) in [7, 11) is 0. The number of alkyl halides is 3. The van der Waals surface area contributed by atoms with E-state index in [0.29, 0.717) is 36.6 Å². The molecule has 0 N–H and O–H groups in total. The average Bonchev–Trinajstić information content (AvgIpc) is 3.32. The topological polar surface area (TPSA) is 26.8 Å². The van der Waals surface area contributed by atoms with Crippen LogP contribution in [-0.4, -0.2) is 49.6 Å². The maximum absolute atomic E-state index is 13.5. The summed E-state index contributed by atoms with van der Waals surface area (Å²) in [6.07, 6.45) is -2.12. The first-order chi connectivity index (χ1) is 15.3. The molecule has 0 aromatic heterocycles. The molecule has 2 aromatic carbocycles. The highest BCUT2D eigenvalue weighted by Gasteiger charge is 2.44. The predicted octanol–water partition coefficient (Wildman–Crippen LogP) is 4.85. The molecule has 2 fully saturated rings. The Kier molecular flexibility index (Phi) is 5.48. The Balaban J connectivity index is 1.51. The van der Waals surface area contributed by atoms with Crippen LogP contribution in [0.4, 0.5) is 24.5 Å². The highest BCUT2D eigenvalue weighted by atomic mass is 35.5. The summed E-state index contributed by atoms with van der Waals surface area (Å²) in [4.78, 5) is 19.7. The molecule has 0 aliphatic carbocycles. The molecule has 8 heteroatoms. The molecule has 0 unspecified atom stereocenters. The van der Waals surface area contributed by atoms with Gasteiger partial charge in [0.15, 0.2) is 0 Å². The van der Waals surface area contributed by atoms with E-state index in [-0.39, 0.29) is 17.9 Å². The van der Waals surface area contributed by atoms with Gasteiger partial charge in [-0.1, -0.05) is 23.7 Å². The lowest BCUT2D eigenvalue weighted by atomic mass is 9.82. The van der Waals surface area contributed by atoms with Crippen molar-refractivity contribution in [2.24, 2.45) is 5.92 Å². The number of carbonyl (C=O) groups excluding carboxylic acids is 1. The highest BCUT2D eigenvalue weighted by Crippen LogP contribution is 2.41. The van der Waals surface area contributed by atoms with Crippen LogP contribution >= 0.6 is 11.6 Å². The lowest BCUT2D eigenvalue weighted by molar-refractivity contribution is -0.137. The first-order valence-electron chi connectivity index (χ1n) is 11.1. The normalized spacial score (nSPS) is 23.2. The second-order valence-corrected chi connectivity index (χ2v) is 9.25. The van der Waals surface area contributed by atoms with Gasteiger partial charge in [-0.25, -0.2) is 0 Å². The van der Waals surface area contributed by atoms with Crippen LogP contribution in [0.2, 0.25) is 5.02 Å². The molecular formula is C24H25ClF3N3O. The van der Waals surface area contributed by atoms with Crippen LogP contribution in [-0.2, 0) is 17.4 Å². The van der Waals surface area contributed by atoms with E-state index in [2.05, 4.69) is 9.80 Å². The van der Waals surface area contributed by atoms with Crippen molar-refractivity contribution in [3.05, 3.63) is 58.6 Å². The highest BCUT2D eigenvalue weighted by molar-refractivity contribution is 6.33. The molecule has 1 amide bonds. The number of para-hydroxylation sites is 1. The SMILES string of the molecule is O=C([C@@H]1Cc2cc(C(F)(F)F)ccc2N2CCN(c3ccccc3Cl)C[C@H]12)N1CCCC1. The Labute approximate surface area is 190 Å². The fourth-order valence-electron chi connectivity index (χ4n) is 5.38. The third-order valence-corrected chi connectivity index (χ3v) is 7.29. The number of fused-ring (bicyclic) bond motifs is 3. The van der Waals surface area contributed by atoms with Crippen LogP contribution in [0.15, 0.2) is 42.5 Å². The smallest absolute Gasteiger partial charge is 0.366 e. The van der Waals surface area contributed by atoms with E-state index in [1.165, 1.54) is 6.07 Å². The second-order valence-electron chi connectivity index (χ2n) is 8.84. The minimum absolute atomic E-state index is 0.0570. The van der Waals surface area contributed by atoms with E-state index < -0.39 is 11.7 Å². The zero-order chi connectivity index (χ0) is 22.5. The number of rotatable bonds is 2. The molecule has 0 saturated carbocycles. The van der Waals surface area contributed by atoms with Gasteiger partial charge in [0.05, 0.1) is 28.2 Å². The molecule has 0 radical (unpaired) electrons. The van der Waals surface area contributed by atoms with Gasteiger partial charge in [-0.3, -0.25) is 4.79 Å². The zero-order valence-corrected chi connectivity index (χ0v) is 18.4. The number of halogens is 4. The maximum Gasteiger partial charge on any atom is 0.416 e. The molecule has 3 aliphatic rings. The summed E-state index contributed by atoms with van der Waals surface area (Å²) in [6.45, 7) is 3.37. The number of nitrogens with zero attached hydrogens (tertiary/aromatic N) is 3. The van der Waals surface area contributed by atoms with Gasteiger partial charge in [0.2, 0.25) is 5.91 Å². The summed E-state index contributed by atoms with van der Waals surface area (Å²) in [6, 6.07) is 11.5. The summed E-state index contributed by atoms with van der Waals surface area (Å²) >= 11 is 6.44. The monoisotopic (exact) mass is 463 g/mol. The molecule has 0 bridgehead atoms. The molecule has 4 nitrogen and oxygen atoms in total. The van der Waals surface area contributed by atoms with Gasteiger partial charge < -0.3 is 14.7 Å². The quantitative estimate of drug-likeness (QED) is 0.637. The van der Waals surface area contributed by atoms with Crippen LogP contribution in [0.5, 0.6) is 0 Å². The summed E-state index contributed by atoms with van der Waals surface area (Å²) in [5, 5.41) is 0.661. The van der Waals surface area contributed by atoms with Crippen molar-refractivity contribution < 1.29 is 18.0 Å². The van der Waals surface area contributed by atoms with Crippen LogP contribution < -0.4 is 9.80 Å². The minimum Gasteiger partial charge on any atom is -0.366 e. The maximum atomic E-state index is 13.5. The Morgan fingerprint density at radius 3 is 2.44 bits per heavy atom. The van der Waals surface area contributed by atoms with Crippen molar-refractivity contribution in [2.45, 2.75) is 31.5 Å². The number of anilines is 2. The molecule has 2 atom stereocenters. The van der Waals surface area contributed by atoms with E-state index >= 15 is 0 Å². The molecule has 2 aromatic rings. The standard InChI is InChI=1S/C24H25ClF3N3O/c25-19-5-1-2-6-21(19)30-11-12-31-20-8-7-17(24(26,27)28)13-16(20)14-18(22(31)15-30)23(32)29-9-3-4-10-29/h1-2,5-8,13,18,22H,3-4,9-12,14-15H2/t18-,22-/m1/s1. The van der Waals surface area contributed by atoms with Crippen molar-refractivity contribution in [3.63, 3.8) is 0 Å². The van der Waals surface area contributed by atoms with E-state index in [4.69, 9.17) is 11.6 Å². The molecule has 5 rings (SSSR count). The number of likely N-dealkylation sites (tertiary alicyclic amines) is 1. The van der Waals surface area contributed by atoms with Crippen LogP contribution in [0.1, 0.15) is 24.0 Å². The molecule has 32 heavy (non-hydrogen) atoms. The lowest BCUT2D eigenvalue weighted by Gasteiger charge is -2.50. The fourth-order valence-corrected chi connectivity index (χ4v) is 5.64. The van der Waals surface area contributed by atoms with Crippen LogP contribution in [0, 0.1) is 5.92 Å². The lowest BCUT2D eigenvalue weighted by Crippen LogP contribution is -2.61. The molecule has 2 saturated heterocycles. The molecule has 0 spiro atoms. The van der Waals surface area contributed by atoms with Crippen molar-refractivity contribution in [1.29, 1.82) is 0 Å². The van der Waals surface area contributed by atoms with Crippen LogP contribution in [0.3, 0.4) is 0 Å². The Morgan fingerprint density at radius 1 is 0.969 bits per heavy atom. The minimum atomic E-state index is -4.40. The van der Waals surface area contributed by atoms with Crippen molar-refractivity contribution in [1.82, 2.24) is 4.90 Å². The number of hydrogen-bond acceptors (Lipinski definition) is 3. The number of amides is 1. The van der Waals surface area contributed by atoms with Crippen molar-refractivity contribution in [2.75, 3.05) is 42.5 Å². The van der Waals surface area contributed by atoms with Gasteiger partial charge in [0, 0.05) is 38.4 Å². The molecule has 3 aliphatic heterocycles. The fraction of sp³-hybridized carbons (Fsp3) is 0.458. The first-order valence-corrected chi connectivity index (χ1v) is 11.5. The third kappa shape index (κ3) is 3.81. The number of benzene rings is 2. The Bertz CT molecular complexity index is 1020. The number of piperazine rings is 1. The molecular weight excluding hydrogens is 439 g/mol. The van der Waals surface area contributed by atoms with Crippen molar-refractivity contribution in [3.8, 4) is 0 Å². The van der Waals surface area contributed by atoms with E-state index in [1.807, 2.05) is 29.2 Å². The predicted molar refractivity (Wildman–Crippen MR) is 119 cm³/mol. The summed E-state index contributed by atoms with van der Waals surface area (Å²) in [5.74, 6) is -0.323. The van der Waals surface area contributed by atoms with Gasteiger partial charge in [-0.15, -0.1) is 0 Å². The van der Waals surface area contributed by atoms with E-state index in [9.17, 15) is 18.0 Å². The Morgan fingerprint density at radius 2 is 1.72 bits per heavy atom. The zero-order valence-electron chi connectivity index (χ0n) is 17.6. The van der Waals surface area contributed by atoms with Crippen molar-refractivity contribution >= 4 is 28.9 Å². The van der Waals surface area contributed by atoms with Crippen LogP contribution in [0.25, 0.3) is 0 Å². The van der Waals surface area contributed by atoms with Gasteiger partial charge in [0.25, 0.3) is 0 Å². The second kappa shape index (κ2) is 8.18. The molecule has 3 heterocycles. The van der Waals surface area contributed by atoms with Gasteiger partial charge >= 0.3 is 6.18 Å². The van der Waals surface area contributed by atoms with E-state index in [0.717, 1.165) is 43.4 Å². The number of carbonyl (C=O) groups is 1. The van der Waals surface area contributed by atoms with E-state index in [1.54, 1.807) is 6.07 Å². The number of hydrogen-bond donors (Lipinski definition) is 0. The summed E-state index contributed by atoms with van der Waals surface area (Å²) < 4.78 is 40.1. The summed E-state index contributed by atoms with van der Waals surface area (Å²) in [5.41, 5.74) is 1.70. The largest absolute Gasteiger partial charge is 0.416 e.